The summed E-state index contributed by atoms with van der Waals surface area (Å²) in [5, 5.41) is 2.76. The number of likely N-dealkylation sites (tertiary alicyclic amines) is 1. The minimum atomic E-state index is -0.0675. The highest BCUT2D eigenvalue weighted by molar-refractivity contribution is 5.72. The zero-order chi connectivity index (χ0) is 19.2. The lowest BCUT2D eigenvalue weighted by atomic mass is 10.2. The molecule has 1 N–H and O–H groups in total. The second kappa shape index (κ2) is 8.81. The molecule has 1 fully saturated rings. The van der Waals surface area contributed by atoms with Crippen LogP contribution in [0, 0.1) is 0 Å². The van der Waals surface area contributed by atoms with E-state index in [0.29, 0.717) is 6.54 Å². The molecular formula is C20H27N5O2. The first-order valence-corrected chi connectivity index (χ1v) is 9.20. The highest BCUT2D eigenvalue weighted by atomic mass is 16.5. The topological polar surface area (TPSA) is 70.6 Å². The van der Waals surface area contributed by atoms with E-state index in [1.165, 1.54) is 18.2 Å². The molecule has 27 heavy (non-hydrogen) atoms. The summed E-state index contributed by atoms with van der Waals surface area (Å²) in [7, 11) is 4.10. The molecule has 0 bridgehead atoms. The number of pyridine rings is 2. The number of hydrogen-bond donors (Lipinski definition) is 1. The molecular weight excluding hydrogens is 342 g/mol. The van der Waals surface area contributed by atoms with Crippen LogP contribution in [-0.2, 0) is 17.9 Å². The van der Waals surface area contributed by atoms with Gasteiger partial charge in [0.15, 0.2) is 0 Å². The quantitative estimate of drug-likeness (QED) is 0.803. The van der Waals surface area contributed by atoms with E-state index in [-0.39, 0.29) is 12.0 Å². The Bertz CT molecular complexity index is 780. The maximum absolute atomic E-state index is 11.0. The van der Waals surface area contributed by atoms with Crippen LogP contribution in [0.2, 0.25) is 0 Å². The van der Waals surface area contributed by atoms with Crippen molar-refractivity contribution in [1.82, 2.24) is 20.2 Å². The van der Waals surface area contributed by atoms with E-state index in [1.807, 2.05) is 30.6 Å². The summed E-state index contributed by atoms with van der Waals surface area (Å²) in [6.07, 6.45) is 6.64. The Morgan fingerprint density at radius 3 is 3.00 bits per heavy atom. The largest absolute Gasteiger partial charge is 0.489 e. The van der Waals surface area contributed by atoms with Crippen molar-refractivity contribution < 1.29 is 9.53 Å². The first-order valence-electron chi connectivity index (χ1n) is 9.20. The Morgan fingerprint density at radius 2 is 2.22 bits per heavy atom. The molecule has 3 heterocycles. The lowest BCUT2D eigenvalue weighted by Crippen LogP contribution is -2.25. The van der Waals surface area contributed by atoms with Crippen molar-refractivity contribution in [1.29, 1.82) is 0 Å². The fourth-order valence-corrected chi connectivity index (χ4v) is 3.29. The molecule has 1 aliphatic heterocycles. The second-order valence-electron chi connectivity index (χ2n) is 7.06. The number of carbonyl (C=O) groups is 1. The smallest absolute Gasteiger partial charge is 0.217 e. The molecule has 1 aliphatic rings. The van der Waals surface area contributed by atoms with E-state index in [1.54, 1.807) is 6.20 Å². The van der Waals surface area contributed by atoms with Gasteiger partial charge in [-0.1, -0.05) is 0 Å². The van der Waals surface area contributed by atoms with E-state index < -0.39 is 0 Å². The third-order valence-corrected chi connectivity index (χ3v) is 4.59. The molecule has 0 radical (unpaired) electrons. The second-order valence-corrected chi connectivity index (χ2v) is 7.06. The minimum absolute atomic E-state index is 0.0675. The number of nitrogens with one attached hydrogen (secondary N) is 1. The van der Waals surface area contributed by atoms with Crippen molar-refractivity contribution in [2.75, 3.05) is 32.1 Å². The zero-order valence-corrected chi connectivity index (χ0v) is 16.2. The molecule has 3 rings (SSSR count). The van der Waals surface area contributed by atoms with Crippen molar-refractivity contribution in [3.8, 4) is 5.75 Å². The Morgan fingerprint density at radius 1 is 1.37 bits per heavy atom. The van der Waals surface area contributed by atoms with Crippen molar-refractivity contribution in [3.63, 3.8) is 0 Å². The van der Waals surface area contributed by atoms with E-state index in [0.717, 1.165) is 37.5 Å². The molecule has 0 saturated carbocycles. The average molecular weight is 369 g/mol. The van der Waals surface area contributed by atoms with Crippen LogP contribution in [-0.4, -0.2) is 54.1 Å². The van der Waals surface area contributed by atoms with E-state index in [2.05, 4.69) is 39.2 Å². The van der Waals surface area contributed by atoms with Crippen LogP contribution < -0.4 is 15.0 Å². The Labute approximate surface area is 160 Å². The van der Waals surface area contributed by atoms with Gasteiger partial charge < -0.3 is 15.0 Å². The molecule has 1 unspecified atom stereocenters. The minimum Gasteiger partial charge on any atom is -0.489 e. The SMILES string of the molecule is CC(=O)NCc1cc(OC2CCN(Cc3cnccc3N(C)C)C2)ccn1. The summed E-state index contributed by atoms with van der Waals surface area (Å²) in [5.74, 6) is 0.731. The standard InChI is InChI=1S/C20H27N5O2/c1-15(26)23-12-17-10-18(4-8-22-17)27-19-6-9-25(14-19)13-16-11-21-7-5-20(16)24(2)3/h4-5,7-8,10-11,19H,6,9,12-14H2,1-3H3,(H,23,26). The van der Waals surface area contributed by atoms with Gasteiger partial charge in [0.05, 0.1) is 12.2 Å². The number of nitrogens with zero attached hydrogens (tertiary/aromatic N) is 4. The zero-order valence-electron chi connectivity index (χ0n) is 16.2. The highest BCUT2D eigenvalue weighted by Gasteiger charge is 2.25. The van der Waals surface area contributed by atoms with Crippen molar-refractivity contribution in [2.24, 2.45) is 0 Å². The Kier molecular flexibility index (Phi) is 6.24. The van der Waals surface area contributed by atoms with Crippen LogP contribution >= 0.6 is 0 Å². The monoisotopic (exact) mass is 369 g/mol. The number of ether oxygens (including phenoxy) is 1. The van der Waals surface area contributed by atoms with Gasteiger partial charge in [-0.3, -0.25) is 19.7 Å². The molecule has 7 heteroatoms. The number of anilines is 1. The van der Waals surface area contributed by atoms with Gasteiger partial charge >= 0.3 is 0 Å². The number of hydrogen-bond acceptors (Lipinski definition) is 6. The molecule has 1 atom stereocenters. The van der Waals surface area contributed by atoms with Crippen LogP contribution in [0.1, 0.15) is 24.6 Å². The summed E-state index contributed by atoms with van der Waals surface area (Å²) in [5.41, 5.74) is 3.22. The van der Waals surface area contributed by atoms with Gasteiger partial charge in [0.25, 0.3) is 0 Å². The molecule has 2 aromatic rings. The fourth-order valence-electron chi connectivity index (χ4n) is 3.29. The molecule has 2 aromatic heterocycles. The summed E-state index contributed by atoms with van der Waals surface area (Å²) >= 11 is 0. The molecule has 1 amide bonds. The van der Waals surface area contributed by atoms with Crippen molar-refractivity contribution in [2.45, 2.75) is 32.5 Å². The summed E-state index contributed by atoms with van der Waals surface area (Å²) < 4.78 is 6.15. The first-order chi connectivity index (χ1) is 13.0. The van der Waals surface area contributed by atoms with Gasteiger partial charge in [0.2, 0.25) is 5.91 Å². The van der Waals surface area contributed by atoms with E-state index in [4.69, 9.17) is 4.74 Å². The lowest BCUT2D eigenvalue weighted by molar-refractivity contribution is -0.119. The molecule has 0 aliphatic carbocycles. The number of carbonyl (C=O) groups excluding carboxylic acids is 1. The van der Waals surface area contributed by atoms with Crippen LogP contribution in [0.25, 0.3) is 0 Å². The molecule has 144 valence electrons. The van der Waals surface area contributed by atoms with Gasteiger partial charge in [-0.25, -0.2) is 0 Å². The molecule has 0 spiro atoms. The van der Waals surface area contributed by atoms with Gasteiger partial charge in [-0.2, -0.15) is 0 Å². The summed E-state index contributed by atoms with van der Waals surface area (Å²) in [4.78, 5) is 24.1. The third kappa shape index (κ3) is 5.40. The third-order valence-electron chi connectivity index (χ3n) is 4.59. The summed E-state index contributed by atoms with van der Waals surface area (Å²) in [6, 6.07) is 5.81. The Hall–Kier alpha value is -2.67. The average Bonchev–Trinajstić information content (AvgIpc) is 3.07. The van der Waals surface area contributed by atoms with Gasteiger partial charge in [0.1, 0.15) is 11.9 Å². The van der Waals surface area contributed by atoms with Crippen molar-refractivity contribution in [3.05, 3.63) is 48.0 Å². The maximum atomic E-state index is 11.0. The highest BCUT2D eigenvalue weighted by Crippen LogP contribution is 2.23. The normalized spacial score (nSPS) is 16.9. The number of amides is 1. The van der Waals surface area contributed by atoms with Crippen molar-refractivity contribution >= 4 is 11.6 Å². The maximum Gasteiger partial charge on any atom is 0.217 e. The Balaban J connectivity index is 1.56. The van der Waals surface area contributed by atoms with Gasteiger partial charge in [-0.05, 0) is 18.6 Å². The molecule has 1 saturated heterocycles. The van der Waals surface area contributed by atoms with Gasteiger partial charge in [-0.15, -0.1) is 0 Å². The lowest BCUT2D eigenvalue weighted by Gasteiger charge is -2.21. The van der Waals surface area contributed by atoms with Crippen LogP contribution in [0.5, 0.6) is 5.75 Å². The summed E-state index contributed by atoms with van der Waals surface area (Å²) in [6.45, 7) is 4.65. The van der Waals surface area contributed by atoms with Gasteiger partial charge in [0, 0.05) is 76.6 Å². The predicted octanol–water partition coefficient (Wildman–Crippen LogP) is 1.83. The number of aromatic nitrogens is 2. The van der Waals surface area contributed by atoms with E-state index in [9.17, 15) is 4.79 Å². The van der Waals surface area contributed by atoms with E-state index >= 15 is 0 Å². The molecule has 0 aromatic carbocycles. The predicted molar refractivity (Wildman–Crippen MR) is 105 cm³/mol. The van der Waals surface area contributed by atoms with Crippen LogP contribution in [0.15, 0.2) is 36.8 Å². The number of rotatable bonds is 7. The van der Waals surface area contributed by atoms with Crippen LogP contribution in [0.3, 0.4) is 0 Å². The van der Waals surface area contributed by atoms with Crippen LogP contribution in [0.4, 0.5) is 5.69 Å². The fraction of sp³-hybridized carbons (Fsp3) is 0.450. The first kappa shape index (κ1) is 19.1. The molecule has 7 nitrogen and oxygen atoms in total.